The molecule has 1 heterocycles. The molecular formula is C24H30N2O3. The minimum Gasteiger partial charge on any atom is -0.507 e. The molecular weight excluding hydrogens is 364 g/mol. The molecule has 5 nitrogen and oxygen atoms in total. The third-order valence-corrected chi connectivity index (χ3v) is 5.15. The second kappa shape index (κ2) is 9.12. The van der Waals surface area contributed by atoms with Gasteiger partial charge in [-0.15, -0.1) is 0 Å². The van der Waals surface area contributed by atoms with E-state index in [2.05, 4.69) is 15.6 Å². The van der Waals surface area contributed by atoms with E-state index < -0.39 is 0 Å². The van der Waals surface area contributed by atoms with E-state index in [0.29, 0.717) is 29.9 Å². The highest BCUT2D eigenvalue weighted by Crippen LogP contribution is 2.32. The lowest BCUT2D eigenvalue weighted by Gasteiger charge is -2.14. The topological polar surface area (TPSA) is 64.4 Å². The Labute approximate surface area is 172 Å². The van der Waals surface area contributed by atoms with Crippen LogP contribution in [0.4, 0.5) is 0 Å². The first kappa shape index (κ1) is 20.9. The monoisotopic (exact) mass is 394 g/mol. The molecule has 154 valence electrons. The summed E-state index contributed by atoms with van der Waals surface area (Å²) in [5.74, 6) is 1.92. The number of aromatic nitrogens is 2. The first-order valence-corrected chi connectivity index (χ1v) is 10.3. The molecule has 3 rings (SSSR count). The second-order valence-corrected chi connectivity index (χ2v) is 7.96. The fourth-order valence-electron chi connectivity index (χ4n) is 3.58. The summed E-state index contributed by atoms with van der Waals surface area (Å²) in [5.41, 5.74) is 3.19. The van der Waals surface area contributed by atoms with Crippen molar-refractivity contribution in [1.29, 1.82) is 0 Å². The summed E-state index contributed by atoms with van der Waals surface area (Å²) in [4.78, 5) is 16.9. The zero-order valence-corrected chi connectivity index (χ0v) is 17.7. The van der Waals surface area contributed by atoms with Gasteiger partial charge in [0.25, 0.3) is 0 Å². The van der Waals surface area contributed by atoms with Crippen LogP contribution in [0.3, 0.4) is 0 Å². The summed E-state index contributed by atoms with van der Waals surface area (Å²) in [6.07, 6.45) is 2.28. The summed E-state index contributed by atoms with van der Waals surface area (Å²) < 4.78 is 8.11. The van der Waals surface area contributed by atoms with E-state index in [0.717, 1.165) is 36.2 Å². The van der Waals surface area contributed by atoms with Crippen LogP contribution in [0.15, 0.2) is 36.4 Å². The Hall–Kier alpha value is -2.82. The Morgan fingerprint density at radius 2 is 1.90 bits per heavy atom. The van der Waals surface area contributed by atoms with Crippen molar-refractivity contribution < 1.29 is 14.6 Å². The number of rotatable bonds is 9. The summed E-state index contributed by atoms with van der Waals surface area (Å²) in [6.45, 7) is 9.26. The number of Topliss-reactive ketones (excluding diaryl/α,β-unsaturated/α-hetero) is 1. The molecule has 5 heteroatoms. The largest absolute Gasteiger partial charge is 0.507 e. The minimum atomic E-state index is -0.0323. The maximum atomic E-state index is 12.3. The van der Waals surface area contributed by atoms with Crippen LogP contribution in [-0.2, 0) is 6.54 Å². The number of hydrogen-bond acceptors (Lipinski definition) is 4. The fourth-order valence-corrected chi connectivity index (χ4v) is 3.58. The number of ether oxygens (including phenoxy) is 1. The van der Waals surface area contributed by atoms with E-state index in [-0.39, 0.29) is 17.5 Å². The van der Waals surface area contributed by atoms with Gasteiger partial charge in [0.2, 0.25) is 0 Å². The third-order valence-electron chi connectivity index (χ3n) is 5.15. The molecule has 0 aliphatic carbocycles. The molecule has 1 N–H and O–H groups in total. The van der Waals surface area contributed by atoms with Crippen molar-refractivity contribution in [2.45, 2.75) is 53.5 Å². The first-order valence-electron chi connectivity index (χ1n) is 10.3. The Kier molecular flexibility index (Phi) is 6.57. The lowest BCUT2D eigenvalue weighted by atomic mass is 9.98. The molecule has 0 spiro atoms. The number of phenols is 1. The zero-order valence-electron chi connectivity index (χ0n) is 17.7. The number of imidazole rings is 1. The van der Waals surface area contributed by atoms with Gasteiger partial charge in [0.1, 0.15) is 17.3 Å². The van der Waals surface area contributed by atoms with Crippen molar-refractivity contribution in [2.24, 2.45) is 5.92 Å². The van der Waals surface area contributed by atoms with E-state index in [9.17, 15) is 9.90 Å². The van der Waals surface area contributed by atoms with Crippen LogP contribution in [0.1, 0.15) is 54.9 Å². The maximum Gasteiger partial charge on any atom is 0.166 e. The number of phenolic OH excluding ortho intramolecular Hbond substituents is 1. The van der Waals surface area contributed by atoms with E-state index >= 15 is 0 Å². The van der Waals surface area contributed by atoms with Crippen LogP contribution >= 0.6 is 0 Å². The Morgan fingerprint density at radius 1 is 1.14 bits per heavy atom. The number of ketones is 1. The van der Waals surface area contributed by atoms with Crippen LogP contribution in [-0.4, -0.2) is 27.0 Å². The molecule has 3 aromatic rings. The number of nitrogens with zero attached hydrogens (tertiary/aromatic N) is 2. The number of para-hydroxylation sites is 2. The lowest BCUT2D eigenvalue weighted by Crippen LogP contribution is -2.06. The van der Waals surface area contributed by atoms with Crippen molar-refractivity contribution in [3.8, 4) is 11.5 Å². The van der Waals surface area contributed by atoms with Gasteiger partial charge in [0.05, 0.1) is 23.2 Å². The molecule has 0 aliphatic heterocycles. The van der Waals surface area contributed by atoms with Gasteiger partial charge >= 0.3 is 0 Å². The second-order valence-electron chi connectivity index (χ2n) is 7.96. The molecule has 0 saturated carbocycles. The predicted octanol–water partition coefficient (Wildman–Crippen LogP) is 5.45. The number of hydrogen-bond donors (Lipinski definition) is 1. The summed E-state index contributed by atoms with van der Waals surface area (Å²) >= 11 is 0. The van der Waals surface area contributed by atoms with Crippen molar-refractivity contribution >= 4 is 16.8 Å². The predicted molar refractivity (Wildman–Crippen MR) is 116 cm³/mol. The summed E-state index contributed by atoms with van der Waals surface area (Å²) in [6, 6.07) is 11.6. The lowest BCUT2D eigenvalue weighted by molar-refractivity contribution is 0.0965. The molecule has 1 aromatic heterocycles. The number of carbonyl (C=O) groups excluding carboxylic acids is 1. The van der Waals surface area contributed by atoms with Crippen LogP contribution < -0.4 is 4.74 Å². The fraction of sp³-hybridized carbons (Fsp3) is 0.417. The maximum absolute atomic E-state index is 12.3. The number of carbonyl (C=O) groups is 1. The smallest absolute Gasteiger partial charge is 0.166 e. The number of aryl methyl sites for hydroxylation is 2. The van der Waals surface area contributed by atoms with Crippen molar-refractivity contribution in [2.75, 3.05) is 6.61 Å². The molecule has 0 amide bonds. The van der Waals surface area contributed by atoms with E-state index in [1.54, 1.807) is 19.1 Å². The van der Waals surface area contributed by atoms with Gasteiger partial charge in [-0.1, -0.05) is 26.0 Å². The van der Waals surface area contributed by atoms with Gasteiger partial charge in [-0.05, 0) is 56.9 Å². The molecule has 0 fully saturated rings. The molecule has 29 heavy (non-hydrogen) atoms. The first-order chi connectivity index (χ1) is 13.9. The molecule has 0 bridgehead atoms. The van der Waals surface area contributed by atoms with Crippen molar-refractivity contribution in [1.82, 2.24) is 9.55 Å². The van der Waals surface area contributed by atoms with Crippen LogP contribution in [0.5, 0.6) is 11.5 Å². The molecule has 2 aromatic carbocycles. The molecule has 0 aliphatic rings. The molecule has 0 atom stereocenters. The third kappa shape index (κ3) is 4.78. The van der Waals surface area contributed by atoms with Gasteiger partial charge in [0, 0.05) is 18.5 Å². The Morgan fingerprint density at radius 3 is 2.66 bits per heavy atom. The normalized spacial score (nSPS) is 11.3. The number of fused-ring (bicyclic) bond motifs is 1. The number of unbranched alkanes of at least 4 members (excludes halogenated alkanes) is 1. The van der Waals surface area contributed by atoms with Crippen LogP contribution in [0.25, 0.3) is 11.0 Å². The van der Waals surface area contributed by atoms with Gasteiger partial charge in [-0.25, -0.2) is 4.98 Å². The summed E-state index contributed by atoms with van der Waals surface area (Å²) in [5, 5.41) is 10.4. The quantitative estimate of drug-likeness (QED) is 0.387. The molecule has 0 saturated heterocycles. The number of benzene rings is 2. The highest BCUT2D eigenvalue weighted by molar-refractivity contribution is 5.99. The van der Waals surface area contributed by atoms with Gasteiger partial charge in [-0.3, -0.25) is 4.79 Å². The van der Waals surface area contributed by atoms with Crippen LogP contribution in [0.2, 0.25) is 0 Å². The molecule has 0 radical (unpaired) electrons. The van der Waals surface area contributed by atoms with Gasteiger partial charge < -0.3 is 14.4 Å². The van der Waals surface area contributed by atoms with E-state index in [4.69, 9.17) is 4.74 Å². The summed E-state index contributed by atoms with van der Waals surface area (Å²) in [7, 11) is 0. The average Bonchev–Trinajstić information content (AvgIpc) is 2.99. The number of aromatic hydroxyl groups is 1. The van der Waals surface area contributed by atoms with E-state index in [1.165, 1.54) is 0 Å². The van der Waals surface area contributed by atoms with Gasteiger partial charge in [-0.2, -0.15) is 0 Å². The standard InChI is InChI=1S/C24H30N2O3/c1-16(2)15-22(27)19-11-12-23(17(3)24(19)28)29-14-8-7-13-26-18(4)25-20-9-5-6-10-21(20)26/h5-6,9-12,16,28H,7-8,13-15H2,1-4H3. The molecule has 0 unspecified atom stereocenters. The zero-order chi connectivity index (χ0) is 21.0. The van der Waals surface area contributed by atoms with Gasteiger partial charge in [0.15, 0.2) is 5.78 Å². The average molecular weight is 395 g/mol. The van der Waals surface area contributed by atoms with Crippen molar-refractivity contribution in [3.05, 3.63) is 53.3 Å². The Balaban J connectivity index is 1.55. The van der Waals surface area contributed by atoms with E-state index in [1.807, 2.05) is 39.0 Å². The SMILES string of the molecule is Cc1c(OCCCCn2c(C)nc3ccccc32)ccc(C(=O)CC(C)C)c1O. The highest BCUT2D eigenvalue weighted by atomic mass is 16.5. The van der Waals surface area contributed by atoms with Crippen molar-refractivity contribution in [3.63, 3.8) is 0 Å². The highest BCUT2D eigenvalue weighted by Gasteiger charge is 2.17. The Bertz CT molecular complexity index is 1000. The minimum absolute atomic E-state index is 0.0323. The van der Waals surface area contributed by atoms with Crippen LogP contribution in [0, 0.1) is 19.8 Å².